The summed E-state index contributed by atoms with van der Waals surface area (Å²) in [4.78, 5) is 11.4. The molecule has 0 unspecified atom stereocenters. The topological polar surface area (TPSA) is 41.1 Å². The van der Waals surface area contributed by atoms with Crippen LogP contribution in [0.2, 0.25) is 0 Å². The van der Waals surface area contributed by atoms with Crippen LogP contribution < -0.4 is 10.6 Å². The minimum absolute atomic E-state index is 0.0564. The third-order valence-electron chi connectivity index (χ3n) is 1.73. The van der Waals surface area contributed by atoms with Gasteiger partial charge in [0.2, 0.25) is 5.91 Å². The molecule has 15 heavy (non-hydrogen) atoms. The maximum Gasteiger partial charge on any atom is 0.238 e. The van der Waals surface area contributed by atoms with Gasteiger partial charge in [0.05, 0.1) is 13.1 Å². The van der Waals surface area contributed by atoms with E-state index in [-0.39, 0.29) is 12.5 Å². The molecule has 0 radical (unpaired) electrons. The molecule has 1 aromatic carbocycles. The molecule has 0 aromatic heterocycles. The predicted molar refractivity (Wildman–Crippen MR) is 61.4 cm³/mol. The zero-order valence-corrected chi connectivity index (χ0v) is 8.71. The minimum Gasteiger partial charge on any atom is -0.325 e. The molecule has 3 heteroatoms. The van der Waals surface area contributed by atoms with E-state index in [1.165, 1.54) is 0 Å². The van der Waals surface area contributed by atoms with Crippen LogP contribution in [0.15, 0.2) is 30.3 Å². The summed E-state index contributed by atoms with van der Waals surface area (Å²) >= 11 is 0. The SMILES string of the molecule is CC#CCNCC(=O)Nc1ccccc1. The summed E-state index contributed by atoms with van der Waals surface area (Å²) in [6.45, 7) is 2.59. The molecule has 1 aromatic rings. The number of hydrogen-bond donors (Lipinski definition) is 2. The van der Waals surface area contributed by atoms with Crippen LogP contribution in [0.4, 0.5) is 5.69 Å². The van der Waals surface area contributed by atoms with Gasteiger partial charge in [-0.25, -0.2) is 0 Å². The van der Waals surface area contributed by atoms with E-state index in [9.17, 15) is 4.79 Å². The molecule has 3 nitrogen and oxygen atoms in total. The van der Waals surface area contributed by atoms with Crippen molar-refractivity contribution in [2.75, 3.05) is 18.4 Å². The van der Waals surface area contributed by atoms with Gasteiger partial charge in [-0.2, -0.15) is 0 Å². The van der Waals surface area contributed by atoms with Crippen molar-refractivity contribution in [2.24, 2.45) is 0 Å². The maximum absolute atomic E-state index is 11.4. The van der Waals surface area contributed by atoms with Crippen molar-refractivity contribution >= 4 is 11.6 Å². The summed E-state index contributed by atoms with van der Waals surface area (Å²) in [6.07, 6.45) is 0. The van der Waals surface area contributed by atoms with Crippen molar-refractivity contribution in [1.82, 2.24) is 5.32 Å². The first-order chi connectivity index (χ1) is 7.33. The number of hydrogen-bond acceptors (Lipinski definition) is 2. The monoisotopic (exact) mass is 202 g/mol. The van der Waals surface area contributed by atoms with Crippen LogP contribution in [0.1, 0.15) is 6.92 Å². The van der Waals surface area contributed by atoms with Crippen LogP contribution in [-0.2, 0) is 4.79 Å². The Bertz CT molecular complexity index is 362. The zero-order chi connectivity index (χ0) is 10.9. The Labute approximate surface area is 89.9 Å². The van der Waals surface area contributed by atoms with Gasteiger partial charge in [0.1, 0.15) is 0 Å². The molecule has 0 heterocycles. The molecular formula is C12H14N2O. The number of anilines is 1. The first kappa shape index (κ1) is 11.3. The number of para-hydroxylation sites is 1. The van der Waals surface area contributed by atoms with Gasteiger partial charge in [-0.1, -0.05) is 24.1 Å². The Kier molecular flexibility index (Phi) is 4.99. The minimum atomic E-state index is -0.0564. The van der Waals surface area contributed by atoms with E-state index in [2.05, 4.69) is 22.5 Å². The summed E-state index contributed by atoms with van der Waals surface area (Å²) in [5.41, 5.74) is 0.811. The van der Waals surface area contributed by atoms with Crippen LogP contribution in [0, 0.1) is 11.8 Å². The van der Waals surface area contributed by atoms with Gasteiger partial charge in [0.25, 0.3) is 0 Å². The van der Waals surface area contributed by atoms with Crippen LogP contribution in [0.5, 0.6) is 0 Å². The van der Waals surface area contributed by atoms with Crippen LogP contribution in [0.3, 0.4) is 0 Å². The van der Waals surface area contributed by atoms with Crippen molar-refractivity contribution in [2.45, 2.75) is 6.92 Å². The number of carbonyl (C=O) groups excluding carboxylic acids is 1. The number of carbonyl (C=O) groups is 1. The fourth-order valence-electron chi connectivity index (χ4n) is 1.05. The Morgan fingerprint density at radius 1 is 1.33 bits per heavy atom. The number of nitrogens with one attached hydrogen (secondary N) is 2. The molecule has 0 fully saturated rings. The maximum atomic E-state index is 11.4. The summed E-state index contributed by atoms with van der Waals surface area (Å²) in [5.74, 6) is 5.52. The zero-order valence-electron chi connectivity index (χ0n) is 8.71. The van der Waals surface area contributed by atoms with E-state index >= 15 is 0 Å². The Morgan fingerprint density at radius 3 is 2.73 bits per heavy atom. The summed E-state index contributed by atoms with van der Waals surface area (Å²) < 4.78 is 0. The first-order valence-electron chi connectivity index (χ1n) is 4.78. The summed E-state index contributed by atoms with van der Waals surface area (Å²) in [5, 5.41) is 5.69. The number of rotatable bonds is 4. The molecule has 0 aliphatic carbocycles. The third kappa shape index (κ3) is 4.84. The Balaban J connectivity index is 2.27. The number of amides is 1. The lowest BCUT2D eigenvalue weighted by Gasteiger charge is -2.04. The first-order valence-corrected chi connectivity index (χ1v) is 4.78. The molecule has 2 N–H and O–H groups in total. The molecule has 1 rings (SSSR count). The molecule has 0 saturated carbocycles. The lowest BCUT2D eigenvalue weighted by atomic mass is 10.3. The van der Waals surface area contributed by atoms with Gasteiger partial charge in [-0.15, -0.1) is 5.92 Å². The molecule has 0 aliphatic rings. The summed E-state index contributed by atoms with van der Waals surface area (Å²) in [6, 6.07) is 9.37. The molecule has 0 saturated heterocycles. The van der Waals surface area contributed by atoms with Crippen molar-refractivity contribution in [3.05, 3.63) is 30.3 Å². The molecule has 0 spiro atoms. The van der Waals surface area contributed by atoms with Gasteiger partial charge in [-0.05, 0) is 19.1 Å². The average Bonchev–Trinajstić information content (AvgIpc) is 2.26. The van der Waals surface area contributed by atoms with Gasteiger partial charge >= 0.3 is 0 Å². The molecule has 0 atom stereocenters. The highest BCUT2D eigenvalue weighted by Gasteiger charge is 1.99. The third-order valence-corrected chi connectivity index (χ3v) is 1.73. The molecule has 1 amide bonds. The van der Waals surface area contributed by atoms with Crippen molar-refractivity contribution < 1.29 is 4.79 Å². The van der Waals surface area contributed by atoms with Gasteiger partial charge in [0, 0.05) is 5.69 Å². The van der Waals surface area contributed by atoms with Crippen LogP contribution in [0.25, 0.3) is 0 Å². The van der Waals surface area contributed by atoms with Crippen molar-refractivity contribution in [3.8, 4) is 11.8 Å². The Morgan fingerprint density at radius 2 is 2.07 bits per heavy atom. The second kappa shape index (κ2) is 6.63. The average molecular weight is 202 g/mol. The predicted octanol–water partition coefficient (Wildman–Crippen LogP) is 1.24. The van der Waals surface area contributed by atoms with E-state index in [1.54, 1.807) is 6.92 Å². The Hall–Kier alpha value is -1.79. The van der Waals surface area contributed by atoms with Gasteiger partial charge in [0.15, 0.2) is 0 Å². The van der Waals surface area contributed by atoms with E-state index in [1.807, 2.05) is 30.3 Å². The van der Waals surface area contributed by atoms with Crippen molar-refractivity contribution in [3.63, 3.8) is 0 Å². The second-order valence-corrected chi connectivity index (χ2v) is 2.94. The lowest BCUT2D eigenvalue weighted by Crippen LogP contribution is -2.28. The van der Waals surface area contributed by atoms with Gasteiger partial charge < -0.3 is 5.32 Å². The molecule has 78 valence electrons. The number of benzene rings is 1. The highest BCUT2D eigenvalue weighted by atomic mass is 16.1. The highest BCUT2D eigenvalue weighted by molar-refractivity contribution is 5.92. The fraction of sp³-hybridized carbons (Fsp3) is 0.250. The van der Waals surface area contributed by atoms with Crippen molar-refractivity contribution in [1.29, 1.82) is 0 Å². The molecule has 0 aliphatic heterocycles. The quantitative estimate of drug-likeness (QED) is 0.569. The van der Waals surface area contributed by atoms with E-state index in [4.69, 9.17) is 0 Å². The molecular weight excluding hydrogens is 188 g/mol. The summed E-state index contributed by atoms with van der Waals surface area (Å²) in [7, 11) is 0. The largest absolute Gasteiger partial charge is 0.325 e. The second-order valence-electron chi connectivity index (χ2n) is 2.94. The van der Waals surface area contributed by atoms with Gasteiger partial charge in [-0.3, -0.25) is 10.1 Å². The smallest absolute Gasteiger partial charge is 0.238 e. The fourth-order valence-corrected chi connectivity index (χ4v) is 1.05. The van der Waals surface area contributed by atoms with E-state index in [0.29, 0.717) is 6.54 Å². The lowest BCUT2D eigenvalue weighted by molar-refractivity contribution is -0.115. The highest BCUT2D eigenvalue weighted by Crippen LogP contribution is 2.03. The van der Waals surface area contributed by atoms with Crippen LogP contribution >= 0.6 is 0 Å². The molecule has 0 bridgehead atoms. The van der Waals surface area contributed by atoms with E-state index < -0.39 is 0 Å². The standard InChI is InChI=1S/C12H14N2O/c1-2-3-9-13-10-12(15)14-11-7-5-4-6-8-11/h4-8,13H,9-10H2,1H3,(H,14,15). The van der Waals surface area contributed by atoms with Crippen LogP contribution in [-0.4, -0.2) is 19.0 Å². The van der Waals surface area contributed by atoms with E-state index in [0.717, 1.165) is 5.69 Å². The normalized spacial score (nSPS) is 8.87.